The lowest BCUT2D eigenvalue weighted by atomic mass is 9.69. The zero-order chi connectivity index (χ0) is 24.3. The Bertz CT molecular complexity index is 1010. The van der Waals surface area contributed by atoms with Gasteiger partial charge in [-0.25, -0.2) is 9.18 Å². The molecule has 1 aromatic rings. The topological polar surface area (TPSA) is 90.9 Å². The number of nitrogens with one attached hydrogen (secondary N) is 1. The number of halogens is 1. The average Bonchev–Trinajstić information content (AvgIpc) is 2.75. The summed E-state index contributed by atoms with van der Waals surface area (Å²) in [6.07, 6.45) is 0.403. The van der Waals surface area contributed by atoms with Crippen LogP contribution in [0.4, 0.5) is 4.39 Å². The van der Waals surface area contributed by atoms with E-state index in [2.05, 4.69) is 5.32 Å². The summed E-state index contributed by atoms with van der Waals surface area (Å²) in [5.74, 6) is -4.35. The number of allylic oxidation sites excluding steroid dienone is 3. The molecular formula is C25H30FNO6. The first-order valence-electron chi connectivity index (χ1n) is 11.0. The predicted molar refractivity (Wildman–Crippen MR) is 118 cm³/mol. The minimum atomic E-state index is -0.998. The first-order valence-corrected chi connectivity index (χ1v) is 11.0. The molecule has 1 heterocycles. The van der Waals surface area contributed by atoms with E-state index in [9.17, 15) is 18.8 Å². The van der Waals surface area contributed by atoms with E-state index in [1.807, 2.05) is 13.8 Å². The molecule has 0 unspecified atom stereocenters. The Labute approximate surface area is 193 Å². The molecule has 3 atom stereocenters. The van der Waals surface area contributed by atoms with Crippen LogP contribution in [0.15, 0.2) is 46.8 Å². The maximum atomic E-state index is 14.2. The normalized spacial score (nSPS) is 22.8. The summed E-state index contributed by atoms with van der Waals surface area (Å²) in [4.78, 5) is 39.1. The average molecular weight is 460 g/mol. The molecule has 7 nitrogen and oxygen atoms in total. The SMILES string of the molecule is COC(=O)[C@@H]1C(=O)C2=C(C[C@H]1C)NC(C)=C(C(=O)OCCOC(C)C)[C@@H]2c1cccc(F)c1. The van der Waals surface area contributed by atoms with Crippen molar-refractivity contribution in [3.63, 3.8) is 0 Å². The number of benzene rings is 1. The third-order valence-electron chi connectivity index (χ3n) is 5.91. The molecule has 0 radical (unpaired) electrons. The van der Waals surface area contributed by atoms with E-state index in [0.717, 1.165) is 0 Å². The Morgan fingerprint density at radius 1 is 1.24 bits per heavy atom. The largest absolute Gasteiger partial charge is 0.468 e. The van der Waals surface area contributed by atoms with Crippen LogP contribution in [0, 0.1) is 17.7 Å². The van der Waals surface area contributed by atoms with Crippen LogP contribution >= 0.6 is 0 Å². The van der Waals surface area contributed by atoms with Gasteiger partial charge >= 0.3 is 11.9 Å². The Balaban J connectivity index is 2.04. The van der Waals surface area contributed by atoms with Crippen LogP contribution in [0.3, 0.4) is 0 Å². The third kappa shape index (κ3) is 5.16. The number of carbonyl (C=O) groups is 3. The highest BCUT2D eigenvalue weighted by Gasteiger charge is 2.47. The number of hydrogen-bond donors (Lipinski definition) is 1. The van der Waals surface area contributed by atoms with Crippen LogP contribution in [0.5, 0.6) is 0 Å². The highest BCUT2D eigenvalue weighted by atomic mass is 19.1. The molecule has 0 spiro atoms. The second kappa shape index (κ2) is 10.3. The van der Waals surface area contributed by atoms with Gasteiger partial charge in [0.15, 0.2) is 5.78 Å². The minimum absolute atomic E-state index is 0.00846. The fourth-order valence-corrected chi connectivity index (χ4v) is 4.47. The van der Waals surface area contributed by atoms with Crippen LogP contribution in [0.2, 0.25) is 0 Å². The molecule has 33 heavy (non-hydrogen) atoms. The van der Waals surface area contributed by atoms with Gasteiger partial charge in [-0.15, -0.1) is 0 Å². The number of rotatable bonds is 7. The van der Waals surface area contributed by atoms with E-state index in [0.29, 0.717) is 23.4 Å². The van der Waals surface area contributed by atoms with Gasteiger partial charge in [0.25, 0.3) is 0 Å². The van der Waals surface area contributed by atoms with Gasteiger partial charge in [0.05, 0.1) is 25.4 Å². The molecule has 1 aromatic carbocycles. The number of carbonyl (C=O) groups excluding carboxylic acids is 3. The Kier molecular flexibility index (Phi) is 7.68. The quantitative estimate of drug-likeness (QED) is 0.380. The monoisotopic (exact) mass is 459 g/mol. The van der Waals surface area contributed by atoms with E-state index in [-0.39, 0.29) is 36.4 Å². The van der Waals surface area contributed by atoms with Gasteiger partial charge in [0.1, 0.15) is 18.3 Å². The van der Waals surface area contributed by atoms with Crippen molar-refractivity contribution >= 4 is 17.7 Å². The molecule has 8 heteroatoms. The molecule has 0 amide bonds. The highest BCUT2D eigenvalue weighted by molar-refractivity contribution is 6.12. The van der Waals surface area contributed by atoms with E-state index in [1.165, 1.54) is 25.3 Å². The number of methoxy groups -OCH3 is 1. The van der Waals surface area contributed by atoms with Crippen LogP contribution in [0.25, 0.3) is 0 Å². The summed E-state index contributed by atoms with van der Waals surface area (Å²) in [6, 6.07) is 5.77. The van der Waals surface area contributed by atoms with Gasteiger partial charge in [-0.3, -0.25) is 9.59 Å². The fourth-order valence-electron chi connectivity index (χ4n) is 4.47. The molecule has 2 aliphatic rings. The summed E-state index contributed by atoms with van der Waals surface area (Å²) in [7, 11) is 1.24. The third-order valence-corrected chi connectivity index (χ3v) is 5.91. The number of Topliss-reactive ketones (excluding diaryl/α,β-unsaturated/α-hetero) is 1. The number of ether oxygens (including phenoxy) is 3. The van der Waals surface area contributed by atoms with Crippen molar-refractivity contribution in [3.8, 4) is 0 Å². The van der Waals surface area contributed by atoms with Crippen LogP contribution in [0.1, 0.15) is 45.6 Å². The summed E-state index contributed by atoms with van der Waals surface area (Å²) < 4.78 is 29.9. The van der Waals surface area contributed by atoms with Crippen molar-refractivity contribution < 1.29 is 33.0 Å². The van der Waals surface area contributed by atoms with Crippen LogP contribution < -0.4 is 5.32 Å². The lowest BCUT2D eigenvalue weighted by molar-refractivity contribution is -0.151. The zero-order valence-corrected chi connectivity index (χ0v) is 19.6. The molecule has 0 bridgehead atoms. The molecular weight excluding hydrogens is 429 g/mol. The first kappa shape index (κ1) is 24.6. The Morgan fingerprint density at radius 2 is 1.97 bits per heavy atom. The van der Waals surface area contributed by atoms with Crippen LogP contribution in [-0.4, -0.2) is 44.1 Å². The molecule has 3 rings (SSSR count). The minimum Gasteiger partial charge on any atom is -0.468 e. The maximum Gasteiger partial charge on any atom is 0.336 e. The number of hydrogen-bond acceptors (Lipinski definition) is 7. The van der Waals surface area contributed by atoms with E-state index in [1.54, 1.807) is 19.9 Å². The zero-order valence-electron chi connectivity index (χ0n) is 19.6. The molecule has 1 N–H and O–H groups in total. The standard InChI is InChI=1S/C25H30FNO6/c1-13(2)32-9-10-33-25(30)20-15(4)27-18-11-14(3)19(24(29)31-5)23(28)22(18)21(20)16-7-6-8-17(26)12-16/h6-8,12-14,19,21,27H,9-11H2,1-5H3/t14-,19+,21+/m1/s1. The second-order valence-electron chi connectivity index (χ2n) is 8.65. The van der Waals surface area contributed by atoms with Gasteiger partial charge < -0.3 is 19.5 Å². The van der Waals surface area contributed by atoms with Gasteiger partial charge in [0.2, 0.25) is 0 Å². The number of dihydropyridines is 1. The van der Waals surface area contributed by atoms with Gasteiger partial charge in [-0.05, 0) is 50.8 Å². The summed E-state index contributed by atoms with van der Waals surface area (Å²) in [5, 5.41) is 3.17. The van der Waals surface area contributed by atoms with Gasteiger partial charge in [-0.2, -0.15) is 0 Å². The summed E-state index contributed by atoms with van der Waals surface area (Å²) in [5.41, 5.74) is 2.05. The Morgan fingerprint density at radius 3 is 2.61 bits per heavy atom. The fraction of sp³-hybridized carbons (Fsp3) is 0.480. The molecule has 0 aromatic heterocycles. The Hall–Kier alpha value is -3.00. The van der Waals surface area contributed by atoms with Gasteiger partial charge in [0, 0.05) is 22.9 Å². The second-order valence-corrected chi connectivity index (χ2v) is 8.65. The molecule has 1 aliphatic carbocycles. The van der Waals surface area contributed by atoms with Crippen LogP contribution in [-0.2, 0) is 28.6 Å². The number of ketones is 1. The lowest BCUT2D eigenvalue weighted by Crippen LogP contribution is -2.43. The maximum absolute atomic E-state index is 14.2. The molecule has 0 saturated carbocycles. The summed E-state index contributed by atoms with van der Waals surface area (Å²) >= 11 is 0. The molecule has 1 aliphatic heterocycles. The smallest absolute Gasteiger partial charge is 0.336 e. The van der Waals surface area contributed by atoms with Crippen molar-refractivity contribution in [2.45, 2.75) is 46.1 Å². The number of esters is 2. The van der Waals surface area contributed by atoms with Crippen molar-refractivity contribution in [2.75, 3.05) is 20.3 Å². The van der Waals surface area contributed by atoms with Crippen molar-refractivity contribution in [1.29, 1.82) is 0 Å². The molecule has 178 valence electrons. The lowest BCUT2D eigenvalue weighted by Gasteiger charge is -2.38. The summed E-state index contributed by atoms with van der Waals surface area (Å²) in [6.45, 7) is 7.54. The highest BCUT2D eigenvalue weighted by Crippen LogP contribution is 2.45. The van der Waals surface area contributed by atoms with Crippen molar-refractivity contribution in [1.82, 2.24) is 5.32 Å². The van der Waals surface area contributed by atoms with E-state index in [4.69, 9.17) is 14.2 Å². The van der Waals surface area contributed by atoms with E-state index >= 15 is 0 Å². The van der Waals surface area contributed by atoms with Gasteiger partial charge in [-0.1, -0.05) is 19.1 Å². The molecule has 0 saturated heterocycles. The van der Waals surface area contributed by atoms with E-state index < -0.39 is 35.4 Å². The van der Waals surface area contributed by atoms with Crippen molar-refractivity contribution in [2.24, 2.45) is 11.8 Å². The molecule has 0 fully saturated rings. The predicted octanol–water partition coefficient (Wildman–Crippen LogP) is 3.41. The first-order chi connectivity index (χ1) is 15.6. The van der Waals surface area contributed by atoms with Crippen molar-refractivity contribution in [3.05, 3.63) is 58.2 Å².